The smallest absolute Gasteiger partial charge is 0.212 e. The van der Waals surface area contributed by atoms with Gasteiger partial charge in [0, 0.05) is 0 Å². The molecule has 7 heteroatoms. The van der Waals surface area contributed by atoms with Crippen LogP contribution in [0.4, 0.5) is 22.0 Å². The van der Waals surface area contributed by atoms with Crippen molar-refractivity contribution in [1.29, 1.82) is 0 Å². The molecule has 0 N–H and O–H groups in total. The van der Waals surface area contributed by atoms with Crippen molar-refractivity contribution in [2.24, 2.45) is 0 Å². The van der Waals surface area contributed by atoms with E-state index in [4.69, 9.17) is 0 Å². The summed E-state index contributed by atoms with van der Waals surface area (Å²) in [6.45, 7) is 0. The molecule has 0 spiro atoms. The molecule has 0 aliphatic rings. The van der Waals surface area contributed by atoms with Gasteiger partial charge in [-0.25, -0.2) is 13.2 Å². The van der Waals surface area contributed by atoms with Crippen LogP contribution in [0.15, 0.2) is 0 Å². The van der Waals surface area contributed by atoms with Crippen molar-refractivity contribution in [3.63, 3.8) is 0 Å². The summed E-state index contributed by atoms with van der Waals surface area (Å²) in [5.41, 5.74) is 0. The van der Waals surface area contributed by atoms with Crippen molar-refractivity contribution in [3.8, 4) is 0 Å². The first-order valence-electron chi connectivity index (χ1n) is 1.92. The van der Waals surface area contributed by atoms with Crippen LogP contribution >= 0.6 is 31.9 Å². The van der Waals surface area contributed by atoms with Crippen LogP contribution in [-0.4, -0.2) is 15.8 Å². The monoisotopic (exact) mass is 290 g/mol. The van der Waals surface area contributed by atoms with Crippen LogP contribution in [0.3, 0.4) is 0 Å². The van der Waals surface area contributed by atoms with Crippen LogP contribution in [0, 0.1) is 0 Å². The third-order valence-corrected chi connectivity index (χ3v) is 1.71. The number of halogens is 7. The summed E-state index contributed by atoms with van der Waals surface area (Å²) in [6, 6.07) is 0. The quantitative estimate of drug-likeness (QED) is 0.541. The van der Waals surface area contributed by atoms with Crippen LogP contribution in [0.25, 0.3) is 0 Å². The van der Waals surface area contributed by atoms with Gasteiger partial charge in [0.1, 0.15) is 0 Å². The maximum atomic E-state index is 12.0. The predicted octanol–water partition coefficient (Wildman–Crippen LogP) is 3.30. The van der Waals surface area contributed by atoms with E-state index < -0.39 is 15.8 Å². The Kier molecular flexibility index (Phi) is 3.10. The Morgan fingerprint density at radius 2 is 1.30 bits per heavy atom. The van der Waals surface area contributed by atoms with Crippen molar-refractivity contribution in [2.45, 2.75) is 15.8 Å². The molecule has 0 amide bonds. The molecule has 0 aliphatic heterocycles. The number of hydrogen-bond donors (Lipinski definition) is 0. The fourth-order valence-electron chi connectivity index (χ4n) is 0.124. The van der Waals surface area contributed by atoms with Crippen molar-refractivity contribution in [1.82, 2.24) is 0 Å². The largest absolute Gasteiger partial charge is 0.360 e. The molecule has 0 radical (unpaired) electrons. The second-order valence-corrected chi connectivity index (χ2v) is 4.67. The Morgan fingerprint density at radius 1 is 1.00 bits per heavy atom. The molecular formula is C3HBr2F5. The molecule has 0 saturated carbocycles. The lowest BCUT2D eigenvalue weighted by Crippen LogP contribution is -2.40. The Balaban J connectivity index is 4.40. The van der Waals surface area contributed by atoms with E-state index in [-0.39, 0.29) is 0 Å². The SMILES string of the molecule is FC(F)C(F)(F)C(F)(Br)Br. The first-order chi connectivity index (χ1) is 4.19. The van der Waals surface area contributed by atoms with Gasteiger partial charge in [-0.2, -0.15) is 8.78 Å². The number of rotatable bonds is 2. The molecule has 0 unspecified atom stereocenters. The van der Waals surface area contributed by atoms with Crippen molar-refractivity contribution in [2.75, 3.05) is 0 Å². The zero-order chi connectivity index (χ0) is 8.58. The van der Waals surface area contributed by atoms with Gasteiger partial charge >= 0.3 is 12.3 Å². The normalized spacial score (nSPS) is 14.4. The molecule has 62 valence electrons. The second kappa shape index (κ2) is 2.92. The first kappa shape index (κ1) is 10.6. The van der Waals surface area contributed by atoms with Gasteiger partial charge in [0.05, 0.1) is 0 Å². The van der Waals surface area contributed by atoms with Gasteiger partial charge in [-0.15, -0.1) is 0 Å². The van der Waals surface area contributed by atoms with E-state index in [1.807, 2.05) is 0 Å². The zero-order valence-corrected chi connectivity index (χ0v) is 7.40. The summed E-state index contributed by atoms with van der Waals surface area (Å²) in [6.07, 6.45) is -4.05. The Bertz CT molecular complexity index is 117. The maximum Gasteiger partial charge on any atom is 0.360 e. The van der Waals surface area contributed by atoms with Gasteiger partial charge in [-0.1, -0.05) is 0 Å². The topological polar surface area (TPSA) is 0 Å². The second-order valence-electron chi connectivity index (χ2n) is 1.42. The van der Waals surface area contributed by atoms with Crippen LogP contribution in [0.1, 0.15) is 0 Å². The Hall–Kier alpha value is 0.610. The highest BCUT2D eigenvalue weighted by Crippen LogP contribution is 2.46. The van der Waals surface area contributed by atoms with E-state index in [2.05, 4.69) is 0 Å². The van der Waals surface area contributed by atoms with E-state index >= 15 is 0 Å². The predicted molar refractivity (Wildman–Crippen MR) is 32.6 cm³/mol. The molecule has 0 nitrogen and oxygen atoms in total. The fourth-order valence-corrected chi connectivity index (χ4v) is 0.470. The number of alkyl halides is 7. The third-order valence-electron chi connectivity index (χ3n) is 0.652. The Morgan fingerprint density at radius 3 is 1.30 bits per heavy atom. The molecule has 0 saturated heterocycles. The van der Waals surface area contributed by atoms with Gasteiger partial charge in [0.15, 0.2) is 0 Å². The molecule has 0 rings (SSSR count). The zero-order valence-electron chi connectivity index (χ0n) is 4.22. The molecule has 0 aromatic rings. The van der Waals surface area contributed by atoms with Crippen molar-refractivity contribution in [3.05, 3.63) is 0 Å². The van der Waals surface area contributed by atoms with Gasteiger partial charge < -0.3 is 0 Å². The third kappa shape index (κ3) is 2.05. The van der Waals surface area contributed by atoms with Gasteiger partial charge in [0.2, 0.25) is 0 Å². The molecule has 0 bridgehead atoms. The highest BCUT2D eigenvalue weighted by Gasteiger charge is 2.58. The molecule has 0 aromatic heterocycles. The molecule has 0 aromatic carbocycles. The maximum absolute atomic E-state index is 12.0. The summed E-state index contributed by atoms with van der Waals surface area (Å²) in [5, 5.41) is 0. The van der Waals surface area contributed by atoms with E-state index in [0.717, 1.165) is 0 Å². The van der Waals surface area contributed by atoms with E-state index in [1.54, 1.807) is 31.9 Å². The Labute approximate surface area is 70.0 Å². The number of hydrogen-bond acceptors (Lipinski definition) is 0. The van der Waals surface area contributed by atoms with Crippen LogP contribution in [0.5, 0.6) is 0 Å². The first-order valence-corrected chi connectivity index (χ1v) is 3.51. The summed E-state index contributed by atoms with van der Waals surface area (Å²) >= 11 is 3.44. The highest BCUT2D eigenvalue weighted by atomic mass is 79.9. The molecule has 0 aliphatic carbocycles. The lowest BCUT2D eigenvalue weighted by Gasteiger charge is -2.21. The minimum Gasteiger partial charge on any atom is -0.212 e. The van der Waals surface area contributed by atoms with E-state index in [1.165, 1.54) is 0 Å². The average molecular weight is 292 g/mol. The lowest BCUT2D eigenvalue weighted by molar-refractivity contribution is -0.154. The van der Waals surface area contributed by atoms with Crippen LogP contribution < -0.4 is 0 Å². The van der Waals surface area contributed by atoms with Crippen molar-refractivity contribution >= 4 is 31.9 Å². The van der Waals surface area contributed by atoms with Gasteiger partial charge in [-0.05, 0) is 31.9 Å². The molecule has 0 heterocycles. The summed E-state index contributed by atoms with van der Waals surface area (Å²) in [7, 11) is 0. The minimum atomic E-state index is -4.73. The fraction of sp³-hybridized carbons (Fsp3) is 1.00. The van der Waals surface area contributed by atoms with Crippen LogP contribution in [-0.2, 0) is 0 Å². The molecule has 0 fully saturated rings. The lowest BCUT2D eigenvalue weighted by atomic mass is 10.4. The van der Waals surface area contributed by atoms with Gasteiger partial charge in [-0.3, -0.25) is 0 Å². The summed E-state index contributed by atoms with van der Waals surface area (Å²) < 4.78 is 54.7. The molecule has 10 heavy (non-hydrogen) atoms. The van der Waals surface area contributed by atoms with Gasteiger partial charge in [0.25, 0.3) is 3.49 Å². The summed E-state index contributed by atoms with van der Waals surface area (Å²) in [5.74, 6) is -4.73. The molecule has 0 atom stereocenters. The minimum absolute atomic E-state index is 1.72. The van der Waals surface area contributed by atoms with Crippen LogP contribution in [0.2, 0.25) is 0 Å². The summed E-state index contributed by atoms with van der Waals surface area (Å²) in [4.78, 5) is 0. The standard InChI is InChI=1S/C3HBr2F5/c4-3(5,10)2(8,9)1(6)7/h1H. The average Bonchev–Trinajstić information content (AvgIpc) is 1.62. The van der Waals surface area contributed by atoms with Crippen molar-refractivity contribution < 1.29 is 22.0 Å². The highest BCUT2D eigenvalue weighted by molar-refractivity contribution is 9.25. The van der Waals surface area contributed by atoms with E-state index in [0.29, 0.717) is 0 Å². The molecular weight excluding hydrogens is 291 g/mol. The van der Waals surface area contributed by atoms with E-state index in [9.17, 15) is 22.0 Å².